The SMILES string of the molecule is CC(=O)N(CC(=O)Nc1c(C)cc(C)cc1C)c1ccccc1. The fraction of sp³-hybridized carbons (Fsp3) is 0.263. The third-order valence-corrected chi connectivity index (χ3v) is 3.69. The molecule has 2 aromatic rings. The monoisotopic (exact) mass is 310 g/mol. The van der Waals surface area contributed by atoms with Crippen LogP contribution in [0, 0.1) is 20.8 Å². The van der Waals surface area contributed by atoms with Gasteiger partial charge in [0.05, 0.1) is 0 Å². The molecule has 0 aromatic heterocycles. The number of hydrogen-bond acceptors (Lipinski definition) is 2. The van der Waals surface area contributed by atoms with Crippen LogP contribution in [0.3, 0.4) is 0 Å². The summed E-state index contributed by atoms with van der Waals surface area (Å²) in [5.74, 6) is -0.372. The maximum atomic E-state index is 12.4. The van der Waals surface area contributed by atoms with Gasteiger partial charge in [-0.15, -0.1) is 0 Å². The van der Waals surface area contributed by atoms with Gasteiger partial charge >= 0.3 is 0 Å². The van der Waals surface area contributed by atoms with Crippen molar-refractivity contribution in [2.24, 2.45) is 0 Å². The van der Waals surface area contributed by atoms with Crippen molar-refractivity contribution >= 4 is 23.2 Å². The molecule has 0 aliphatic rings. The molecule has 0 fully saturated rings. The molecule has 0 saturated carbocycles. The molecule has 0 bridgehead atoms. The Morgan fingerprint density at radius 3 is 2.09 bits per heavy atom. The van der Waals surface area contributed by atoms with E-state index in [4.69, 9.17) is 0 Å². The molecule has 2 amide bonds. The van der Waals surface area contributed by atoms with Crippen molar-refractivity contribution in [1.82, 2.24) is 0 Å². The third-order valence-electron chi connectivity index (χ3n) is 3.69. The van der Waals surface area contributed by atoms with Gasteiger partial charge in [-0.3, -0.25) is 9.59 Å². The minimum absolute atomic E-state index is 0.00783. The van der Waals surface area contributed by atoms with E-state index in [0.717, 1.165) is 22.4 Å². The number of nitrogens with zero attached hydrogens (tertiary/aromatic N) is 1. The molecule has 23 heavy (non-hydrogen) atoms. The average molecular weight is 310 g/mol. The molecule has 0 saturated heterocycles. The number of benzene rings is 2. The Labute approximate surface area is 137 Å². The van der Waals surface area contributed by atoms with Gasteiger partial charge in [-0.1, -0.05) is 35.9 Å². The molecule has 0 aliphatic heterocycles. The van der Waals surface area contributed by atoms with Crippen LogP contribution in [0.4, 0.5) is 11.4 Å². The highest BCUT2D eigenvalue weighted by molar-refractivity contribution is 6.02. The predicted molar refractivity (Wildman–Crippen MR) is 93.8 cm³/mol. The van der Waals surface area contributed by atoms with Crippen LogP contribution in [0.1, 0.15) is 23.6 Å². The summed E-state index contributed by atoms with van der Waals surface area (Å²) in [5, 5.41) is 2.93. The van der Waals surface area contributed by atoms with E-state index in [-0.39, 0.29) is 18.4 Å². The van der Waals surface area contributed by atoms with E-state index in [1.165, 1.54) is 11.8 Å². The highest BCUT2D eigenvalue weighted by Gasteiger charge is 2.16. The lowest BCUT2D eigenvalue weighted by Crippen LogP contribution is -2.36. The molecule has 0 atom stereocenters. The number of carbonyl (C=O) groups excluding carboxylic acids is 2. The van der Waals surface area contributed by atoms with Crippen molar-refractivity contribution in [2.75, 3.05) is 16.8 Å². The van der Waals surface area contributed by atoms with Crippen LogP contribution in [-0.4, -0.2) is 18.4 Å². The molecule has 4 nitrogen and oxygen atoms in total. The number of hydrogen-bond donors (Lipinski definition) is 1. The number of rotatable bonds is 4. The second-order valence-electron chi connectivity index (χ2n) is 5.76. The Bertz CT molecular complexity index is 700. The molecule has 0 aliphatic carbocycles. The molecule has 2 rings (SSSR count). The second-order valence-corrected chi connectivity index (χ2v) is 5.76. The van der Waals surface area contributed by atoms with Crippen LogP contribution < -0.4 is 10.2 Å². The fourth-order valence-electron chi connectivity index (χ4n) is 2.69. The van der Waals surface area contributed by atoms with E-state index in [9.17, 15) is 9.59 Å². The summed E-state index contributed by atoms with van der Waals surface area (Å²) in [4.78, 5) is 25.7. The zero-order chi connectivity index (χ0) is 17.0. The van der Waals surface area contributed by atoms with Gasteiger partial charge in [-0.25, -0.2) is 0 Å². The van der Waals surface area contributed by atoms with Crippen LogP contribution in [0.5, 0.6) is 0 Å². The molecule has 2 aromatic carbocycles. The Balaban J connectivity index is 2.16. The standard InChI is InChI=1S/C19H22N2O2/c1-13-10-14(2)19(15(3)11-13)20-18(23)12-21(16(4)22)17-8-6-5-7-9-17/h5-11H,12H2,1-4H3,(H,20,23). The van der Waals surface area contributed by atoms with Crippen molar-refractivity contribution < 1.29 is 9.59 Å². The highest BCUT2D eigenvalue weighted by atomic mass is 16.2. The van der Waals surface area contributed by atoms with E-state index >= 15 is 0 Å². The largest absolute Gasteiger partial charge is 0.324 e. The van der Waals surface area contributed by atoms with E-state index in [1.54, 1.807) is 0 Å². The lowest BCUT2D eigenvalue weighted by molar-refractivity contribution is -0.120. The second kappa shape index (κ2) is 7.09. The van der Waals surface area contributed by atoms with E-state index in [0.29, 0.717) is 5.69 Å². The van der Waals surface area contributed by atoms with Crippen LogP contribution >= 0.6 is 0 Å². The van der Waals surface area contributed by atoms with Crippen molar-refractivity contribution in [3.05, 3.63) is 59.2 Å². The summed E-state index contributed by atoms with van der Waals surface area (Å²) in [5.41, 5.74) is 4.73. The fourth-order valence-corrected chi connectivity index (χ4v) is 2.69. The molecule has 0 unspecified atom stereocenters. The quantitative estimate of drug-likeness (QED) is 0.938. The van der Waals surface area contributed by atoms with Crippen molar-refractivity contribution in [3.8, 4) is 0 Å². The lowest BCUT2D eigenvalue weighted by Gasteiger charge is -2.21. The molecule has 0 spiro atoms. The van der Waals surface area contributed by atoms with Gasteiger partial charge in [0.25, 0.3) is 0 Å². The molecule has 4 heteroatoms. The Morgan fingerprint density at radius 1 is 1.00 bits per heavy atom. The first kappa shape index (κ1) is 16.7. The topological polar surface area (TPSA) is 49.4 Å². The van der Waals surface area contributed by atoms with Gasteiger partial charge < -0.3 is 10.2 Å². The summed E-state index contributed by atoms with van der Waals surface area (Å²) in [6.07, 6.45) is 0. The zero-order valence-corrected chi connectivity index (χ0v) is 14.0. The summed E-state index contributed by atoms with van der Waals surface area (Å²) >= 11 is 0. The van der Waals surface area contributed by atoms with Crippen molar-refractivity contribution in [3.63, 3.8) is 0 Å². The normalized spacial score (nSPS) is 10.3. The van der Waals surface area contributed by atoms with Crippen molar-refractivity contribution in [2.45, 2.75) is 27.7 Å². The summed E-state index contributed by atoms with van der Waals surface area (Å²) < 4.78 is 0. The Morgan fingerprint density at radius 2 is 1.57 bits per heavy atom. The molecule has 120 valence electrons. The third kappa shape index (κ3) is 4.19. The number of aryl methyl sites for hydroxylation is 3. The van der Waals surface area contributed by atoms with E-state index < -0.39 is 0 Å². The molecule has 0 radical (unpaired) electrons. The molecule has 1 N–H and O–H groups in total. The van der Waals surface area contributed by atoms with Gasteiger partial charge in [0.1, 0.15) is 6.54 Å². The van der Waals surface area contributed by atoms with E-state index in [1.807, 2.05) is 63.2 Å². The number of anilines is 2. The number of nitrogens with one attached hydrogen (secondary N) is 1. The van der Waals surface area contributed by atoms with Gasteiger partial charge in [-0.2, -0.15) is 0 Å². The summed E-state index contributed by atoms with van der Waals surface area (Å²) in [7, 11) is 0. The lowest BCUT2D eigenvalue weighted by atomic mass is 10.1. The Hall–Kier alpha value is -2.62. The van der Waals surface area contributed by atoms with Crippen molar-refractivity contribution in [1.29, 1.82) is 0 Å². The molecular formula is C19H22N2O2. The van der Waals surface area contributed by atoms with Crippen LogP contribution in [0.15, 0.2) is 42.5 Å². The number of amides is 2. The van der Waals surface area contributed by atoms with Crippen LogP contribution in [0.2, 0.25) is 0 Å². The van der Waals surface area contributed by atoms with Gasteiger partial charge in [-0.05, 0) is 44.0 Å². The number of para-hydroxylation sites is 1. The zero-order valence-electron chi connectivity index (χ0n) is 14.0. The smallest absolute Gasteiger partial charge is 0.244 e. The molecular weight excluding hydrogens is 288 g/mol. The first-order valence-electron chi connectivity index (χ1n) is 7.59. The summed E-state index contributed by atoms with van der Waals surface area (Å²) in [6.45, 7) is 7.42. The van der Waals surface area contributed by atoms with Gasteiger partial charge in [0, 0.05) is 18.3 Å². The Kier molecular flexibility index (Phi) is 5.16. The highest BCUT2D eigenvalue weighted by Crippen LogP contribution is 2.22. The first-order chi connectivity index (χ1) is 10.9. The van der Waals surface area contributed by atoms with Crippen LogP contribution in [0.25, 0.3) is 0 Å². The maximum absolute atomic E-state index is 12.4. The predicted octanol–water partition coefficient (Wildman–Crippen LogP) is 3.60. The minimum Gasteiger partial charge on any atom is -0.324 e. The number of carbonyl (C=O) groups is 2. The summed E-state index contributed by atoms with van der Waals surface area (Å²) in [6, 6.07) is 13.3. The van der Waals surface area contributed by atoms with E-state index in [2.05, 4.69) is 5.32 Å². The first-order valence-corrected chi connectivity index (χ1v) is 7.59. The minimum atomic E-state index is -0.209. The van der Waals surface area contributed by atoms with Gasteiger partial charge in [0.15, 0.2) is 0 Å². The van der Waals surface area contributed by atoms with Crippen LogP contribution in [-0.2, 0) is 9.59 Å². The average Bonchev–Trinajstić information content (AvgIpc) is 2.49. The van der Waals surface area contributed by atoms with Gasteiger partial charge in [0.2, 0.25) is 11.8 Å². The molecule has 0 heterocycles. The maximum Gasteiger partial charge on any atom is 0.244 e.